The molecule has 1 aromatic heterocycles. The van der Waals surface area contributed by atoms with Crippen LogP contribution >= 0.6 is 0 Å². The summed E-state index contributed by atoms with van der Waals surface area (Å²) in [6.45, 7) is 10.2. The second-order valence-corrected chi connectivity index (χ2v) is 8.60. The Morgan fingerprint density at radius 3 is 1.71 bits per heavy atom. The molecule has 0 saturated carbocycles. The molecule has 1 atom stereocenters. The Kier molecular flexibility index (Phi) is 5.65. The highest BCUT2D eigenvalue weighted by Crippen LogP contribution is 2.51. The van der Waals surface area contributed by atoms with Crippen molar-refractivity contribution in [1.29, 1.82) is 0 Å². The van der Waals surface area contributed by atoms with Crippen molar-refractivity contribution in [3.63, 3.8) is 0 Å². The van der Waals surface area contributed by atoms with Gasteiger partial charge >= 0.3 is 0 Å². The van der Waals surface area contributed by atoms with Crippen molar-refractivity contribution in [3.8, 4) is 23.0 Å². The number of benzene rings is 2. The third kappa shape index (κ3) is 3.28. The van der Waals surface area contributed by atoms with E-state index in [9.17, 15) is 30.0 Å². The fourth-order valence-corrected chi connectivity index (χ4v) is 3.82. The number of rotatable bonds is 6. The monoisotopic (exact) mass is 428 g/mol. The predicted octanol–water partition coefficient (Wildman–Crippen LogP) is 5.48. The molecule has 31 heavy (non-hydrogen) atoms. The predicted molar refractivity (Wildman–Crippen MR) is 117 cm³/mol. The minimum absolute atomic E-state index is 0.00247. The molecule has 0 saturated heterocycles. The number of carbonyl (C=O) groups excluding carboxylic acids is 2. The van der Waals surface area contributed by atoms with Crippen LogP contribution in [0.25, 0.3) is 21.9 Å². The Morgan fingerprint density at radius 1 is 0.806 bits per heavy atom. The van der Waals surface area contributed by atoms with Crippen LogP contribution in [-0.2, 0) is 0 Å². The summed E-state index contributed by atoms with van der Waals surface area (Å²) >= 11 is 0. The van der Waals surface area contributed by atoms with Gasteiger partial charge in [0.15, 0.2) is 22.7 Å². The number of furan rings is 1. The molecule has 2 aromatic carbocycles. The molecule has 0 bridgehead atoms. The van der Waals surface area contributed by atoms with E-state index in [0.29, 0.717) is 6.42 Å². The summed E-state index contributed by atoms with van der Waals surface area (Å²) in [6, 6.07) is 0. The highest BCUT2D eigenvalue weighted by molar-refractivity contribution is 6.23. The fourth-order valence-electron chi connectivity index (χ4n) is 3.82. The molecule has 0 amide bonds. The van der Waals surface area contributed by atoms with Gasteiger partial charge in [0.2, 0.25) is 0 Å². The summed E-state index contributed by atoms with van der Waals surface area (Å²) < 4.78 is 5.88. The molecule has 3 aromatic rings. The van der Waals surface area contributed by atoms with Crippen LogP contribution in [0.4, 0.5) is 0 Å². The molecular weight excluding hydrogens is 400 g/mol. The number of fused-ring (bicyclic) bond motifs is 3. The quantitative estimate of drug-likeness (QED) is 0.383. The van der Waals surface area contributed by atoms with Crippen molar-refractivity contribution in [2.24, 2.45) is 11.8 Å². The molecule has 0 spiro atoms. The number of carbonyl (C=O) groups is 2. The van der Waals surface area contributed by atoms with E-state index < -0.39 is 23.2 Å². The number of hydrogen-bond donors (Lipinski definition) is 4. The minimum Gasteiger partial charge on any atom is -0.507 e. The van der Waals surface area contributed by atoms with E-state index in [1.54, 1.807) is 6.92 Å². The van der Waals surface area contributed by atoms with E-state index in [-0.39, 0.29) is 73.8 Å². The number of phenols is 4. The lowest BCUT2D eigenvalue weighted by molar-refractivity contribution is 0.0924. The van der Waals surface area contributed by atoms with Crippen molar-refractivity contribution in [3.05, 3.63) is 22.3 Å². The first-order valence-electron chi connectivity index (χ1n) is 10.4. The van der Waals surface area contributed by atoms with Gasteiger partial charge in [-0.15, -0.1) is 0 Å². The second-order valence-electron chi connectivity index (χ2n) is 8.60. The smallest absolute Gasteiger partial charge is 0.173 e. The van der Waals surface area contributed by atoms with Crippen molar-refractivity contribution in [1.82, 2.24) is 0 Å². The highest BCUT2D eigenvalue weighted by Gasteiger charge is 2.33. The summed E-state index contributed by atoms with van der Waals surface area (Å²) in [4.78, 5) is 26.0. The molecule has 0 aliphatic heterocycles. The Bertz CT molecular complexity index is 1230. The summed E-state index contributed by atoms with van der Waals surface area (Å²) in [5.74, 6) is -2.77. The standard InChI is InChI=1S/C24H28O7/c1-7-10(4)18(26)17-22(30)12(6)21(29)16-15-20(28)11(5)19(27)14(13(25)8-9(2)3)23(15)31-24(16)17/h9-10,27-30H,7-8H2,1-6H3/t10-/m1/s1. The molecule has 0 fully saturated rings. The van der Waals surface area contributed by atoms with Gasteiger partial charge in [0.25, 0.3) is 0 Å². The van der Waals surface area contributed by atoms with Crippen molar-refractivity contribution >= 4 is 33.5 Å². The molecule has 7 nitrogen and oxygen atoms in total. The Hall–Kier alpha value is -3.22. The Balaban J connectivity index is 2.58. The summed E-state index contributed by atoms with van der Waals surface area (Å²) in [7, 11) is 0. The van der Waals surface area contributed by atoms with E-state index in [2.05, 4.69) is 0 Å². The maximum atomic E-state index is 13.1. The third-order valence-electron chi connectivity index (χ3n) is 5.91. The van der Waals surface area contributed by atoms with Gasteiger partial charge in [-0.1, -0.05) is 27.7 Å². The number of Topliss-reactive ketones (excluding diaryl/α,β-unsaturated/α-hetero) is 2. The lowest BCUT2D eigenvalue weighted by atomic mass is 9.91. The van der Waals surface area contributed by atoms with Gasteiger partial charge < -0.3 is 24.8 Å². The van der Waals surface area contributed by atoms with Crippen molar-refractivity contribution in [2.45, 2.75) is 54.4 Å². The van der Waals surface area contributed by atoms with Gasteiger partial charge in [0, 0.05) is 23.5 Å². The van der Waals surface area contributed by atoms with Gasteiger partial charge in [-0.3, -0.25) is 9.59 Å². The maximum Gasteiger partial charge on any atom is 0.173 e. The fraction of sp³-hybridized carbons (Fsp3) is 0.417. The number of hydrogen-bond acceptors (Lipinski definition) is 7. The van der Waals surface area contributed by atoms with E-state index in [0.717, 1.165) is 0 Å². The van der Waals surface area contributed by atoms with Gasteiger partial charge in [0.05, 0.1) is 10.8 Å². The normalized spacial score (nSPS) is 12.7. The lowest BCUT2D eigenvalue weighted by Gasteiger charge is -2.13. The van der Waals surface area contributed by atoms with Gasteiger partial charge in [-0.05, 0) is 26.2 Å². The van der Waals surface area contributed by atoms with E-state index in [1.165, 1.54) is 13.8 Å². The molecule has 3 rings (SSSR count). The summed E-state index contributed by atoms with van der Waals surface area (Å²) in [6.07, 6.45) is 0.641. The topological polar surface area (TPSA) is 128 Å². The average molecular weight is 428 g/mol. The van der Waals surface area contributed by atoms with Gasteiger partial charge in [-0.2, -0.15) is 0 Å². The SMILES string of the molecule is CC[C@@H](C)C(=O)c1c(O)c(C)c(O)c2c1oc1c(C(=O)CC(C)C)c(O)c(C)c(O)c12. The second kappa shape index (κ2) is 7.80. The highest BCUT2D eigenvalue weighted by atomic mass is 16.3. The van der Waals surface area contributed by atoms with E-state index in [1.807, 2.05) is 20.8 Å². The molecule has 0 aliphatic carbocycles. The van der Waals surface area contributed by atoms with Crippen LogP contribution < -0.4 is 0 Å². The average Bonchev–Trinajstić information content (AvgIpc) is 3.09. The van der Waals surface area contributed by atoms with Crippen LogP contribution in [0.5, 0.6) is 23.0 Å². The molecule has 0 unspecified atom stereocenters. The van der Waals surface area contributed by atoms with Crippen molar-refractivity contribution < 1.29 is 34.4 Å². The molecule has 1 heterocycles. The van der Waals surface area contributed by atoms with Crippen LogP contribution in [0.1, 0.15) is 72.4 Å². The third-order valence-corrected chi connectivity index (χ3v) is 5.91. The Labute approximate surface area is 179 Å². The number of ketones is 2. The largest absolute Gasteiger partial charge is 0.507 e. The van der Waals surface area contributed by atoms with E-state index >= 15 is 0 Å². The van der Waals surface area contributed by atoms with Crippen LogP contribution in [-0.4, -0.2) is 32.0 Å². The zero-order valence-electron chi connectivity index (χ0n) is 18.6. The zero-order valence-corrected chi connectivity index (χ0v) is 18.6. The van der Waals surface area contributed by atoms with Crippen LogP contribution in [0.2, 0.25) is 0 Å². The molecule has 166 valence electrons. The number of aromatic hydroxyl groups is 4. The van der Waals surface area contributed by atoms with Crippen LogP contribution in [0.3, 0.4) is 0 Å². The van der Waals surface area contributed by atoms with Crippen LogP contribution in [0, 0.1) is 25.7 Å². The Morgan fingerprint density at radius 2 is 1.26 bits per heavy atom. The van der Waals surface area contributed by atoms with Gasteiger partial charge in [-0.25, -0.2) is 0 Å². The lowest BCUT2D eigenvalue weighted by Crippen LogP contribution is -2.11. The van der Waals surface area contributed by atoms with Crippen molar-refractivity contribution in [2.75, 3.05) is 0 Å². The summed E-state index contributed by atoms with van der Waals surface area (Å²) in [5, 5.41) is 43.0. The summed E-state index contributed by atoms with van der Waals surface area (Å²) in [5.41, 5.74) is -0.368. The maximum absolute atomic E-state index is 13.1. The first-order valence-corrected chi connectivity index (χ1v) is 10.4. The molecule has 7 heteroatoms. The molecule has 0 radical (unpaired) electrons. The minimum atomic E-state index is -0.433. The molecular formula is C24H28O7. The molecule has 0 aliphatic rings. The first kappa shape index (κ1) is 22.5. The first-order chi connectivity index (χ1) is 14.4. The van der Waals surface area contributed by atoms with Crippen LogP contribution in [0.15, 0.2) is 4.42 Å². The number of phenolic OH excluding ortho intramolecular Hbond substituents is 4. The molecule has 4 N–H and O–H groups in total. The van der Waals surface area contributed by atoms with E-state index in [4.69, 9.17) is 4.42 Å². The van der Waals surface area contributed by atoms with Gasteiger partial charge in [0.1, 0.15) is 34.1 Å². The zero-order chi connectivity index (χ0) is 23.4.